The lowest BCUT2D eigenvalue weighted by Gasteiger charge is -2.43. The minimum absolute atomic E-state index is 0.0806. The number of benzene rings is 1. The minimum atomic E-state index is -0.945. The van der Waals surface area contributed by atoms with E-state index in [1.165, 1.54) is 26.0 Å². The van der Waals surface area contributed by atoms with Crippen LogP contribution in [0.3, 0.4) is 0 Å². The Balaban J connectivity index is 2.38. The van der Waals surface area contributed by atoms with Gasteiger partial charge in [0.05, 0.1) is 22.2 Å². The zero-order valence-corrected chi connectivity index (χ0v) is 18.0. The summed E-state index contributed by atoms with van der Waals surface area (Å²) in [7, 11) is 0. The van der Waals surface area contributed by atoms with Crippen LogP contribution in [0.15, 0.2) is 22.1 Å². The molecule has 1 aromatic rings. The van der Waals surface area contributed by atoms with Gasteiger partial charge in [-0.15, -0.1) is 0 Å². The first-order valence-corrected chi connectivity index (χ1v) is 10.1. The molecule has 2 unspecified atom stereocenters. The predicted molar refractivity (Wildman–Crippen MR) is 105 cm³/mol. The van der Waals surface area contributed by atoms with Crippen molar-refractivity contribution in [1.82, 2.24) is 0 Å². The Morgan fingerprint density at radius 3 is 2.45 bits per heavy atom. The van der Waals surface area contributed by atoms with E-state index in [9.17, 15) is 14.0 Å². The molecule has 0 N–H and O–H groups in total. The molecular formula is C17H18Cl2FN3O5S. The molecule has 5 atom stereocenters. The van der Waals surface area contributed by atoms with Crippen molar-refractivity contribution in [2.45, 2.75) is 49.4 Å². The van der Waals surface area contributed by atoms with Crippen molar-refractivity contribution in [1.29, 1.82) is 0 Å². The summed E-state index contributed by atoms with van der Waals surface area (Å²) < 4.78 is 30.1. The topological polar surface area (TPSA) is 111 Å². The zero-order chi connectivity index (χ0) is 21.7. The molecule has 1 aromatic carbocycles. The monoisotopic (exact) mass is 465 g/mol. The quantitative estimate of drug-likeness (QED) is 0.197. The highest BCUT2D eigenvalue weighted by molar-refractivity contribution is 7.99. The van der Waals surface area contributed by atoms with Gasteiger partial charge in [-0.25, -0.2) is 4.39 Å². The number of rotatable bonds is 6. The Bertz CT molecular complexity index is 816. The van der Waals surface area contributed by atoms with E-state index >= 15 is 0 Å². The third-order valence-electron chi connectivity index (χ3n) is 4.19. The number of halogens is 3. The Morgan fingerprint density at radius 2 is 1.93 bits per heavy atom. The largest absolute Gasteiger partial charge is 0.463 e. The van der Waals surface area contributed by atoms with E-state index in [1.807, 2.05) is 0 Å². The number of carbonyl (C=O) groups excluding carboxylic acids is 2. The summed E-state index contributed by atoms with van der Waals surface area (Å²) in [6.07, 6.45) is -1.58. The van der Waals surface area contributed by atoms with Gasteiger partial charge in [0.25, 0.3) is 0 Å². The Labute approximate surface area is 180 Å². The first kappa shape index (κ1) is 23.6. The first-order chi connectivity index (χ1) is 13.6. The van der Waals surface area contributed by atoms with Crippen LogP contribution in [-0.2, 0) is 23.8 Å². The summed E-state index contributed by atoms with van der Waals surface area (Å²) in [6, 6.07) is 1.91. The molecule has 29 heavy (non-hydrogen) atoms. The molecule has 0 aliphatic carbocycles. The maximum absolute atomic E-state index is 13.7. The maximum Gasteiger partial charge on any atom is 0.303 e. The number of esters is 2. The van der Waals surface area contributed by atoms with Crippen LogP contribution >= 0.6 is 35.0 Å². The van der Waals surface area contributed by atoms with Crippen LogP contribution in [0.5, 0.6) is 0 Å². The normalized spacial score (nSPS) is 26.3. The van der Waals surface area contributed by atoms with Gasteiger partial charge in [-0.2, -0.15) is 0 Å². The smallest absolute Gasteiger partial charge is 0.303 e. The summed E-state index contributed by atoms with van der Waals surface area (Å²) in [5.74, 6) is -2.27. The number of nitrogens with zero attached hydrogens (tertiary/aromatic N) is 3. The van der Waals surface area contributed by atoms with Crippen LogP contribution in [-0.4, -0.2) is 42.2 Å². The zero-order valence-electron chi connectivity index (χ0n) is 15.7. The molecule has 0 amide bonds. The van der Waals surface area contributed by atoms with Crippen molar-refractivity contribution < 1.29 is 28.2 Å². The van der Waals surface area contributed by atoms with Crippen LogP contribution in [0, 0.1) is 11.7 Å². The van der Waals surface area contributed by atoms with Crippen molar-refractivity contribution >= 4 is 46.9 Å². The van der Waals surface area contributed by atoms with Gasteiger partial charge >= 0.3 is 11.9 Å². The Hall–Kier alpha value is -1.71. The molecule has 8 nitrogen and oxygen atoms in total. The van der Waals surface area contributed by atoms with Gasteiger partial charge in [-0.1, -0.05) is 47.0 Å². The van der Waals surface area contributed by atoms with Crippen molar-refractivity contribution in [3.8, 4) is 0 Å². The summed E-state index contributed by atoms with van der Waals surface area (Å²) >= 11 is 12.8. The maximum atomic E-state index is 13.7. The van der Waals surface area contributed by atoms with Crippen LogP contribution in [0.4, 0.5) is 4.39 Å². The number of thioether (sulfide) groups is 1. The number of hydrogen-bond acceptors (Lipinski definition) is 7. The fourth-order valence-corrected chi connectivity index (χ4v) is 4.63. The first-order valence-electron chi connectivity index (χ1n) is 8.45. The summed E-state index contributed by atoms with van der Waals surface area (Å²) in [4.78, 5) is 26.1. The second-order valence-corrected chi connectivity index (χ2v) is 8.28. The van der Waals surface area contributed by atoms with Crippen molar-refractivity contribution in [3.63, 3.8) is 0 Å². The van der Waals surface area contributed by atoms with E-state index in [0.29, 0.717) is 4.90 Å². The molecule has 12 heteroatoms. The predicted octanol–water partition coefficient (Wildman–Crippen LogP) is 4.76. The van der Waals surface area contributed by atoms with Crippen LogP contribution in [0.1, 0.15) is 20.8 Å². The molecule has 1 heterocycles. The molecule has 158 valence electrons. The van der Waals surface area contributed by atoms with Crippen LogP contribution in [0.25, 0.3) is 10.4 Å². The summed E-state index contributed by atoms with van der Waals surface area (Å²) in [5, 5.41) is 3.41. The molecular weight excluding hydrogens is 448 g/mol. The highest BCUT2D eigenvalue weighted by Crippen LogP contribution is 2.40. The molecule has 0 spiro atoms. The number of hydrogen-bond donors (Lipinski definition) is 0. The second kappa shape index (κ2) is 10.4. The standard InChI is InChI=1S/C17H18Cl2FN3O5S/c1-7-13(6-26-8(2)24)28-17(16(27-9(3)25)15(7)22-23-21)29-10-4-11(18)14(20)12(19)5-10/h4-5,7,13,15-17H,6H2,1-3H3/t7-,13?,15?,16-,17+/m0/s1. The van der Waals surface area contributed by atoms with Gasteiger partial charge in [0, 0.05) is 23.7 Å². The molecule has 2 rings (SSSR count). The van der Waals surface area contributed by atoms with Gasteiger partial charge in [0.2, 0.25) is 0 Å². The number of ether oxygens (including phenoxy) is 3. The highest BCUT2D eigenvalue weighted by atomic mass is 35.5. The van der Waals surface area contributed by atoms with Gasteiger partial charge in [-0.3, -0.25) is 9.59 Å². The lowest BCUT2D eigenvalue weighted by atomic mass is 9.89. The Morgan fingerprint density at radius 1 is 1.31 bits per heavy atom. The van der Waals surface area contributed by atoms with Gasteiger partial charge < -0.3 is 14.2 Å². The molecule has 1 aliphatic rings. The number of carbonyl (C=O) groups is 2. The van der Waals surface area contributed by atoms with Crippen molar-refractivity contribution in [3.05, 3.63) is 38.4 Å². The van der Waals surface area contributed by atoms with E-state index < -0.39 is 47.4 Å². The average Bonchev–Trinajstić information content (AvgIpc) is 2.63. The molecule has 1 fully saturated rings. The highest BCUT2D eigenvalue weighted by Gasteiger charge is 2.46. The fraction of sp³-hybridized carbons (Fsp3) is 0.529. The van der Waals surface area contributed by atoms with Gasteiger partial charge in [-0.05, 0) is 23.6 Å². The van der Waals surface area contributed by atoms with E-state index in [0.717, 1.165) is 11.8 Å². The minimum Gasteiger partial charge on any atom is -0.463 e. The molecule has 0 radical (unpaired) electrons. The van der Waals surface area contributed by atoms with Crippen molar-refractivity contribution in [2.75, 3.05) is 6.61 Å². The van der Waals surface area contributed by atoms with E-state index in [-0.39, 0.29) is 16.7 Å². The third-order valence-corrected chi connectivity index (χ3v) is 5.86. The molecule has 1 aliphatic heterocycles. The Kier molecular flexibility index (Phi) is 8.42. The SMILES string of the molecule is CC(=O)OCC1O[C@H](Sc2cc(Cl)c(F)c(Cl)c2)[C@@H](OC(C)=O)C(N=[N+]=[N-])[C@H]1C. The van der Waals surface area contributed by atoms with E-state index in [1.54, 1.807) is 6.92 Å². The molecule has 0 bridgehead atoms. The van der Waals surface area contributed by atoms with Gasteiger partial charge in [0.15, 0.2) is 5.82 Å². The summed E-state index contributed by atoms with van der Waals surface area (Å²) in [6.45, 7) is 4.13. The number of azide groups is 1. The van der Waals surface area contributed by atoms with Gasteiger partial charge in [0.1, 0.15) is 18.1 Å². The lowest BCUT2D eigenvalue weighted by Crippen LogP contribution is -2.54. The molecule has 0 saturated carbocycles. The fourth-order valence-electron chi connectivity index (χ4n) is 2.82. The van der Waals surface area contributed by atoms with Crippen molar-refractivity contribution in [2.24, 2.45) is 11.0 Å². The van der Waals surface area contributed by atoms with E-state index in [4.69, 9.17) is 42.9 Å². The molecule has 0 aromatic heterocycles. The summed E-state index contributed by atoms with van der Waals surface area (Å²) in [5.41, 5.74) is 8.12. The molecule has 1 saturated heterocycles. The second-order valence-electron chi connectivity index (χ2n) is 6.29. The van der Waals surface area contributed by atoms with Crippen LogP contribution < -0.4 is 0 Å². The van der Waals surface area contributed by atoms with Crippen LogP contribution in [0.2, 0.25) is 10.0 Å². The lowest BCUT2D eigenvalue weighted by molar-refractivity contribution is -0.176. The van der Waals surface area contributed by atoms with E-state index in [2.05, 4.69) is 10.0 Å². The third kappa shape index (κ3) is 6.13. The average molecular weight is 466 g/mol.